The lowest BCUT2D eigenvalue weighted by Gasteiger charge is -2.17. The zero-order valence-electron chi connectivity index (χ0n) is 15.0. The van der Waals surface area contributed by atoms with E-state index in [1.165, 1.54) is 0 Å². The first-order chi connectivity index (χ1) is 13.0. The number of nitrogens with one attached hydrogen (secondary N) is 2. The highest BCUT2D eigenvalue weighted by Crippen LogP contribution is 2.41. The van der Waals surface area contributed by atoms with Gasteiger partial charge in [0.1, 0.15) is 11.3 Å². The Hall–Kier alpha value is -3.60. The van der Waals surface area contributed by atoms with Gasteiger partial charge >= 0.3 is 5.97 Å². The number of fused-ring (bicyclic) bond motifs is 2. The molecular weight excluding hydrogens is 340 g/mol. The van der Waals surface area contributed by atoms with E-state index in [2.05, 4.69) is 5.32 Å². The zero-order valence-corrected chi connectivity index (χ0v) is 15.0. The van der Waals surface area contributed by atoms with Crippen molar-refractivity contribution in [2.45, 2.75) is 6.92 Å². The second kappa shape index (κ2) is 6.29. The molecule has 0 fully saturated rings. The summed E-state index contributed by atoms with van der Waals surface area (Å²) < 4.78 is 6.05. The van der Waals surface area contributed by atoms with E-state index in [4.69, 9.17) is 9.83 Å². The van der Waals surface area contributed by atoms with E-state index >= 15 is 0 Å². The highest BCUT2D eigenvalue weighted by molar-refractivity contribution is 6.07. The number of benzene rings is 3. The minimum absolute atomic E-state index is 0.238. The number of anilines is 1. The Morgan fingerprint density at radius 3 is 2.59 bits per heavy atom. The topological polar surface area (TPSA) is 86.3 Å². The number of rotatable bonds is 3. The zero-order chi connectivity index (χ0) is 19.1. The Morgan fingerprint density at radius 1 is 1.04 bits per heavy atom. The number of carboxylic acids is 1. The van der Waals surface area contributed by atoms with Crippen LogP contribution in [0.2, 0.25) is 0 Å². The van der Waals surface area contributed by atoms with Crippen molar-refractivity contribution in [2.75, 3.05) is 12.4 Å². The van der Waals surface area contributed by atoms with Gasteiger partial charge in [-0.05, 0) is 42.8 Å². The van der Waals surface area contributed by atoms with E-state index in [1.807, 2.05) is 44.3 Å². The highest BCUT2D eigenvalue weighted by atomic mass is 16.4. The number of aromatic carboxylic acids is 1. The van der Waals surface area contributed by atoms with Crippen LogP contribution in [0.15, 0.2) is 59.0 Å². The monoisotopic (exact) mass is 358 g/mol. The predicted octanol–water partition coefficient (Wildman–Crippen LogP) is 4.73. The molecule has 1 aliphatic carbocycles. The van der Waals surface area contributed by atoms with Crippen molar-refractivity contribution in [1.29, 1.82) is 5.41 Å². The van der Waals surface area contributed by atoms with Crippen LogP contribution in [0.4, 0.5) is 5.69 Å². The number of aryl methyl sites for hydroxylation is 1. The van der Waals surface area contributed by atoms with Crippen LogP contribution >= 0.6 is 0 Å². The molecule has 0 bridgehead atoms. The fraction of sp³-hybridized carbons (Fsp3) is 0.0909. The van der Waals surface area contributed by atoms with E-state index in [9.17, 15) is 9.90 Å². The molecule has 134 valence electrons. The first kappa shape index (κ1) is 16.8. The van der Waals surface area contributed by atoms with Gasteiger partial charge in [0.2, 0.25) is 0 Å². The molecule has 4 rings (SSSR count). The third kappa shape index (κ3) is 2.83. The molecule has 3 N–H and O–H groups in total. The van der Waals surface area contributed by atoms with E-state index in [0.717, 1.165) is 27.8 Å². The molecule has 5 nitrogen and oxygen atoms in total. The molecule has 2 aliphatic rings. The summed E-state index contributed by atoms with van der Waals surface area (Å²) in [6.45, 7) is 1.94. The molecule has 0 saturated heterocycles. The lowest BCUT2D eigenvalue weighted by Crippen LogP contribution is -2.04. The van der Waals surface area contributed by atoms with Crippen LogP contribution in [-0.2, 0) is 0 Å². The smallest absolute Gasteiger partial charge is 0.336 e. The van der Waals surface area contributed by atoms with Crippen molar-refractivity contribution in [2.24, 2.45) is 0 Å². The van der Waals surface area contributed by atoms with Crippen LogP contribution in [-0.4, -0.2) is 18.1 Å². The summed E-state index contributed by atoms with van der Waals surface area (Å²) in [5, 5.41) is 21.9. The first-order valence-electron chi connectivity index (χ1n) is 8.55. The molecule has 0 atom stereocenters. The average molecular weight is 358 g/mol. The van der Waals surface area contributed by atoms with Gasteiger partial charge in [-0.1, -0.05) is 17.7 Å². The van der Waals surface area contributed by atoms with E-state index < -0.39 is 5.97 Å². The van der Waals surface area contributed by atoms with Crippen molar-refractivity contribution in [3.63, 3.8) is 0 Å². The third-order valence-electron chi connectivity index (χ3n) is 4.69. The van der Waals surface area contributed by atoms with Gasteiger partial charge in [-0.15, -0.1) is 0 Å². The van der Waals surface area contributed by atoms with Gasteiger partial charge in [-0.25, -0.2) is 4.79 Å². The van der Waals surface area contributed by atoms with Gasteiger partial charge in [0.05, 0.1) is 10.9 Å². The van der Waals surface area contributed by atoms with Crippen molar-refractivity contribution in [3.8, 4) is 22.5 Å². The van der Waals surface area contributed by atoms with Crippen molar-refractivity contribution in [1.82, 2.24) is 0 Å². The third-order valence-corrected chi connectivity index (χ3v) is 4.69. The Balaban J connectivity index is 2.21. The van der Waals surface area contributed by atoms with Crippen LogP contribution in [0.25, 0.3) is 33.4 Å². The SMILES string of the molecule is CNc1ccc2c(-c3cc(C)ccc3C(=O)O)c3ccc(=N)cc-3oc2c1. The Labute approximate surface area is 155 Å². The summed E-state index contributed by atoms with van der Waals surface area (Å²) in [5.74, 6) is -0.424. The van der Waals surface area contributed by atoms with Gasteiger partial charge in [0, 0.05) is 41.4 Å². The van der Waals surface area contributed by atoms with E-state index in [1.54, 1.807) is 24.3 Å². The molecule has 2 aromatic rings. The molecule has 0 spiro atoms. The molecule has 2 aromatic carbocycles. The van der Waals surface area contributed by atoms with Crippen LogP contribution in [0, 0.1) is 12.3 Å². The normalized spacial score (nSPS) is 11.0. The molecule has 27 heavy (non-hydrogen) atoms. The maximum atomic E-state index is 11.9. The van der Waals surface area contributed by atoms with E-state index in [0.29, 0.717) is 22.3 Å². The second-order valence-electron chi connectivity index (χ2n) is 6.50. The summed E-state index contributed by atoms with van der Waals surface area (Å²) in [7, 11) is 1.83. The van der Waals surface area contributed by atoms with Gasteiger partial charge in [0.15, 0.2) is 0 Å². The minimum atomic E-state index is -0.976. The van der Waals surface area contributed by atoms with Crippen molar-refractivity contribution in [3.05, 3.63) is 71.1 Å². The first-order valence-corrected chi connectivity index (χ1v) is 8.55. The van der Waals surface area contributed by atoms with Crippen molar-refractivity contribution >= 4 is 22.6 Å². The van der Waals surface area contributed by atoms with E-state index in [-0.39, 0.29) is 5.56 Å². The summed E-state index contributed by atoms with van der Waals surface area (Å²) >= 11 is 0. The van der Waals surface area contributed by atoms with Crippen LogP contribution in [0.1, 0.15) is 15.9 Å². The molecule has 0 saturated carbocycles. The molecule has 0 amide bonds. The second-order valence-corrected chi connectivity index (χ2v) is 6.50. The minimum Gasteiger partial charge on any atom is -0.478 e. The molecule has 5 heteroatoms. The summed E-state index contributed by atoms with van der Waals surface area (Å²) in [6, 6.07) is 16.2. The number of hydrogen-bond acceptors (Lipinski definition) is 4. The van der Waals surface area contributed by atoms with Gasteiger partial charge in [-0.3, -0.25) is 0 Å². The molecular formula is C22H18N2O3. The molecule has 0 aromatic heterocycles. The highest BCUT2D eigenvalue weighted by Gasteiger charge is 2.21. The standard InChI is InChI=1S/C22H18N2O3/c1-12-3-6-15(22(25)26)18(9-12)21-16-7-4-13(23)10-19(16)27-20-11-14(24-2)5-8-17(20)21/h3-11,23-24H,1-2H3,(H,25,26). The Bertz CT molecular complexity index is 1220. The lowest BCUT2D eigenvalue weighted by molar-refractivity contribution is 0.0697. The maximum absolute atomic E-state index is 11.9. The summed E-state index contributed by atoms with van der Waals surface area (Å²) in [6.07, 6.45) is 0. The van der Waals surface area contributed by atoms with Gasteiger partial charge in [-0.2, -0.15) is 0 Å². The quantitative estimate of drug-likeness (QED) is 0.462. The van der Waals surface area contributed by atoms with Crippen LogP contribution in [0.3, 0.4) is 0 Å². The maximum Gasteiger partial charge on any atom is 0.336 e. The fourth-order valence-electron chi connectivity index (χ4n) is 3.39. The Morgan fingerprint density at radius 2 is 1.85 bits per heavy atom. The largest absolute Gasteiger partial charge is 0.478 e. The predicted molar refractivity (Wildman–Crippen MR) is 105 cm³/mol. The molecule has 0 radical (unpaired) electrons. The fourth-order valence-corrected chi connectivity index (χ4v) is 3.39. The Kier molecular flexibility index (Phi) is 3.92. The van der Waals surface area contributed by atoms with Crippen molar-refractivity contribution < 1.29 is 14.3 Å². The molecule has 1 heterocycles. The summed E-state index contributed by atoms with van der Waals surface area (Å²) in [5.41, 5.74) is 4.96. The van der Waals surface area contributed by atoms with Gasteiger partial charge in [0.25, 0.3) is 0 Å². The van der Waals surface area contributed by atoms with Crippen LogP contribution in [0.5, 0.6) is 0 Å². The molecule has 1 aliphatic heterocycles. The number of carboxylic acid groups (broad SMARTS) is 1. The lowest BCUT2D eigenvalue weighted by atomic mass is 9.90. The summed E-state index contributed by atoms with van der Waals surface area (Å²) in [4.78, 5) is 11.9. The van der Waals surface area contributed by atoms with Gasteiger partial charge < -0.3 is 20.2 Å². The average Bonchev–Trinajstić information content (AvgIpc) is 2.65. The number of hydrogen-bond donors (Lipinski definition) is 3. The van der Waals surface area contributed by atoms with Crippen LogP contribution < -0.4 is 10.7 Å². The number of carbonyl (C=O) groups is 1. The molecule has 0 unspecified atom stereocenters.